The largest absolute Gasteiger partial charge is 0.382 e. The third-order valence-electron chi connectivity index (χ3n) is 3.64. The van der Waals surface area contributed by atoms with Gasteiger partial charge in [-0.1, -0.05) is 11.6 Å². The average Bonchev–Trinajstić information content (AvgIpc) is 2.51. The van der Waals surface area contributed by atoms with Crippen molar-refractivity contribution in [3.05, 3.63) is 11.6 Å². The van der Waals surface area contributed by atoms with Gasteiger partial charge in [0.25, 0.3) is 0 Å². The number of rotatable bonds is 10. The molecule has 1 aliphatic rings. The molecule has 0 amide bonds. The van der Waals surface area contributed by atoms with Crippen LogP contribution in [0, 0.1) is 0 Å². The van der Waals surface area contributed by atoms with Crippen LogP contribution in [0.15, 0.2) is 16.6 Å². The quantitative estimate of drug-likeness (QED) is 0.281. The van der Waals surface area contributed by atoms with Crippen molar-refractivity contribution in [3.8, 4) is 0 Å². The maximum atomic E-state index is 5.33. The van der Waals surface area contributed by atoms with Gasteiger partial charge in [0.05, 0.1) is 0 Å². The van der Waals surface area contributed by atoms with Crippen LogP contribution in [0.25, 0.3) is 0 Å². The van der Waals surface area contributed by atoms with Crippen molar-refractivity contribution in [2.75, 3.05) is 32.8 Å². The minimum Gasteiger partial charge on any atom is -0.382 e. The number of guanidine groups is 1. The van der Waals surface area contributed by atoms with Crippen molar-refractivity contribution in [3.63, 3.8) is 0 Å². The lowest BCUT2D eigenvalue weighted by atomic mass is 9.97. The fraction of sp³-hybridized carbons (Fsp3) is 0.824. The molecule has 0 bridgehead atoms. The molecule has 0 aromatic rings. The molecule has 4 nitrogen and oxygen atoms in total. The Morgan fingerprint density at radius 3 is 2.86 bits per heavy atom. The Labute approximate surface area is 130 Å². The van der Waals surface area contributed by atoms with Crippen LogP contribution in [0.3, 0.4) is 0 Å². The SMILES string of the molecule is CCNC(=NCCCCOCC)NCCC1=CCCCC1. The van der Waals surface area contributed by atoms with Crippen LogP contribution in [-0.4, -0.2) is 38.8 Å². The highest BCUT2D eigenvalue weighted by molar-refractivity contribution is 5.79. The summed E-state index contributed by atoms with van der Waals surface area (Å²) < 4.78 is 5.33. The van der Waals surface area contributed by atoms with Gasteiger partial charge < -0.3 is 15.4 Å². The van der Waals surface area contributed by atoms with E-state index < -0.39 is 0 Å². The summed E-state index contributed by atoms with van der Waals surface area (Å²) in [5.74, 6) is 0.949. The Balaban J connectivity index is 2.16. The van der Waals surface area contributed by atoms with Crippen LogP contribution < -0.4 is 10.6 Å². The van der Waals surface area contributed by atoms with Gasteiger partial charge >= 0.3 is 0 Å². The Bertz CT molecular complexity index is 313. The van der Waals surface area contributed by atoms with E-state index in [2.05, 4.69) is 28.6 Å². The Kier molecular flexibility index (Phi) is 10.9. The van der Waals surface area contributed by atoms with Crippen LogP contribution in [0.4, 0.5) is 0 Å². The van der Waals surface area contributed by atoms with Crippen LogP contribution in [0.5, 0.6) is 0 Å². The molecule has 0 fully saturated rings. The van der Waals surface area contributed by atoms with Gasteiger partial charge in [-0.2, -0.15) is 0 Å². The second-order valence-corrected chi connectivity index (χ2v) is 5.45. The Hall–Kier alpha value is -1.03. The summed E-state index contributed by atoms with van der Waals surface area (Å²) in [6.45, 7) is 8.56. The average molecular weight is 295 g/mol. The van der Waals surface area contributed by atoms with E-state index in [9.17, 15) is 0 Å². The highest BCUT2D eigenvalue weighted by Gasteiger charge is 2.03. The second kappa shape index (κ2) is 12.7. The number of nitrogens with one attached hydrogen (secondary N) is 2. The van der Waals surface area contributed by atoms with E-state index in [0.29, 0.717) is 0 Å². The minimum atomic E-state index is 0.809. The van der Waals surface area contributed by atoms with Gasteiger partial charge in [-0.15, -0.1) is 0 Å². The molecular weight excluding hydrogens is 262 g/mol. The summed E-state index contributed by atoms with van der Waals surface area (Å²) in [6.07, 6.45) is 11.0. The molecule has 0 unspecified atom stereocenters. The predicted octanol–water partition coefficient (Wildman–Crippen LogP) is 3.25. The number of allylic oxidation sites excluding steroid dienone is 1. The molecule has 0 aromatic heterocycles. The van der Waals surface area contributed by atoms with Gasteiger partial charge in [0, 0.05) is 32.8 Å². The van der Waals surface area contributed by atoms with Crippen molar-refractivity contribution in [2.45, 2.75) is 58.8 Å². The predicted molar refractivity (Wildman–Crippen MR) is 90.9 cm³/mol. The number of unbranched alkanes of at least 4 members (excludes halogenated alkanes) is 1. The van der Waals surface area contributed by atoms with Gasteiger partial charge in [0.2, 0.25) is 0 Å². The first-order chi connectivity index (χ1) is 10.4. The molecule has 1 aliphatic carbocycles. The summed E-state index contributed by atoms with van der Waals surface area (Å²) in [6, 6.07) is 0. The van der Waals surface area contributed by atoms with E-state index in [-0.39, 0.29) is 0 Å². The van der Waals surface area contributed by atoms with Gasteiger partial charge in [0.1, 0.15) is 0 Å². The monoisotopic (exact) mass is 295 g/mol. The van der Waals surface area contributed by atoms with E-state index in [1.165, 1.54) is 25.7 Å². The molecule has 0 aliphatic heterocycles. The molecular formula is C17H33N3O. The summed E-state index contributed by atoms with van der Waals surface area (Å²) >= 11 is 0. The van der Waals surface area contributed by atoms with Gasteiger partial charge in [-0.25, -0.2) is 0 Å². The number of aliphatic imine (C=N–C) groups is 1. The fourth-order valence-electron chi connectivity index (χ4n) is 2.47. The molecule has 0 saturated carbocycles. The maximum Gasteiger partial charge on any atom is 0.191 e. The molecule has 0 radical (unpaired) electrons. The summed E-state index contributed by atoms with van der Waals surface area (Å²) in [5, 5.41) is 6.75. The maximum absolute atomic E-state index is 5.33. The summed E-state index contributed by atoms with van der Waals surface area (Å²) in [7, 11) is 0. The molecule has 0 saturated heterocycles. The van der Waals surface area contributed by atoms with E-state index in [1.54, 1.807) is 5.57 Å². The third-order valence-corrected chi connectivity index (χ3v) is 3.64. The molecule has 21 heavy (non-hydrogen) atoms. The molecule has 0 heterocycles. The van der Waals surface area contributed by atoms with Gasteiger partial charge in [-0.05, 0) is 58.8 Å². The number of hydrogen-bond acceptors (Lipinski definition) is 2. The first-order valence-corrected chi connectivity index (χ1v) is 8.64. The van der Waals surface area contributed by atoms with Crippen molar-refractivity contribution in [2.24, 2.45) is 4.99 Å². The highest BCUT2D eigenvalue weighted by atomic mass is 16.5. The molecule has 4 heteroatoms. The van der Waals surface area contributed by atoms with E-state index in [1.807, 2.05) is 6.92 Å². The third kappa shape index (κ3) is 9.51. The van der Waals surface area contributed by atoms with Crippen LogP contribution in [0.2, 0.25) is 0 Å². The molecule has 0 aromatic carbocycles. The lowest BCUT2D eigenvalue weighted by Crippen LogP contribution is -2.38. The van der Waals surface area contributed by atoms with Crippen molar-refractivity contribution < 1.29 is 4.74 Å². The number of hydrogen-bond donors (Lipinski definition) is 2. The summed E-state index contributed by atoms with van der Waals surface area (Å²) in [5.41, 5.74) is 1.61. The molecule has 1 rings (SSSR count). The lowest BCUT2D eigenvalue weighted by Gasteiger charge is -2.15. The second-order valence-electron chi connectivity index (χ2n) is 5.45. The Morgan fingerprint density at radius 1 is 1.24 bits per heavy atom. The zero-order valence-corrected chi connectivity index (χ0v) is 13.9. The number of ether oxygens (including phenoxy) is 1. The smallest absolute Gasteiger partial charge is 0.191 e. The van der Waals surface area contributed by atoms with Crippen molar-refractivity contribution in [1.82, 2.24) is 10.6 Å². The topological polar surface area (TPSA) is 45.7 Å². The zero-order chi connectivity index (χ0) is 15.2. The van der Waals surface area contributed by atoms with E-state index >= 15 is 0 Å². The zero-order valence-electron chi connectivity index (χ0n) is 13.9. The first-order valence-electron chi connectivity index (χ1n) is 8.64. The molecule has 0 spiro atoms. The van der Waals surface area contributed by atoms with Gasteiger partial charge in [-0.3, -0.25) is 4.99 Å². The first kappa shape index (κ1) is 18.0. The van der Waals surface area contributed by atoms with Crippen molar-refractivity contribution in [1.29, 1.82) is 0 Å². The molecule has 122 valence electrons. The normalized spacial score (nSPS) is 15.7. The van der Waals surface area contributed by atoms with Crippen molar-refractivity contribution >= 4 is 5.96 Å². The van der Waals surface area contributed by atoms with E-state index in [0.717, 1.165) is 58.1 Å². The Morgan fingerprint density at radius 2 is 2.14 bits per heavy atom. The van der Waals surface area contributed by atoms with Gasteiger partial charge in [0.15, 0.2) is 5.96 Å². The summed E-state index contributed by atoms with van der Waals surface area (Å²) in [4.78, 5) is 4.61. The van der Waals surface area contributed by atoms with E-state index in [4.69, 9.17) is 4.74 Å². The highest BCUT2D eigenvalue weighted by Crippen LogP contribution is 2.19. The minimum absolute atomic E-state index is 0.809. The van der Waals surface area contributed by atoms with Crippen LogP contribution in [-0.2, 0) is 4.74 Å². The van der Waals surface area contributed by atoms with Crippen LogP contribution in [0.1, 0.15) is 58.8 Å². The lowest BCUT2D eigenvalue weighted by molar-refractivity contribution is 0.144. The fourth-order valence-corrected chi connectivity index (χ4v) is 2.47. The molecule has 0 atom stereocenters. The standard InChI is InChI=1S/C17H33N3O/c1-3-18-17(19-13-8-9-15-21-4-2)20-14-12-16-10-6-5-7-11-16/h10H,3-9,11-15H2,1-2H3,(H2,18,19,20). The molecule has 2 N–H and O–H groups in total. The van der Waals surface area contributed by atoms with Crippen LogP contribution >= 0.6 is 0 Å². The number of nitrogens with zero attached hydrogens (tertiary/aromatic N) is 1.